The molecule has 0 aliphatic carbocycles. The standard InChI is InChI=1S/C16H13FO/c1-11-15-8-7-14(17)9-13(15)10-16(18-11)12-5-3-2-4-6-12/h2-11H,1H3/t11-/m1/s1. The summed E-state index contributed by atoms with van der Waals surface area (Å²) in [7, 11) is 0. The molecule has 2 heteroatoms. The van der Waals surface area contributed by atoms with Crippen molar-refractivity contribution in [1.29, 1.82) is 0 Å². The number of hydrogen-bond donors (Lipinski definition) is 0. The molecule has 1 aliphatic heterocycles. The fourth-order valence-electron chi connectivity index (χ4n) is 2.22. The van der Waals surface area contributed by atoms with Crippen LogP contribution in [-0.2, 0) is 4.74 Å². The lowest BCUT2D eigenvalue weighted by Crippen LogP contribution is -2.07. The first kappa shape index (κ1) is 11.0. The zero-order valence-corrected chi connectivity index (χ0v) is 10.1. The van der Waals surface area contributed by atoms with Gasteiger partial charge < -0.3 is 4.74 Å². The fraction of sp³-hybridized carbons (Fsp3) is 0.125. The molecule has 1 nitrogen and oxygen atoms in total. The predicted molar refractivity (Wildman–Crippen MR) is 70.2 cm³/mol. The summed E-state index contributed by atoms with van der Waals surface area (Å²) in [4.78, 5) is 0. The Labute approximate surface area is 106 Å². The van der Waals surface area contributed by atoms with Gasteiger partial charge in [0.1, 0.15) is 17.7 Å². The number of hydrogen-bond acceptors (Lipinski definition) is 1. The average Bonchev–Trinajstić information content (AvgIpc) is 2.39. The smallest absolute Gasteiger partial charge is 0.128 e. The second-order valence-electron chi connectivity index (χ2n) is 4.41. The van der Waals surface area contributed by atoms with Crippen LogP contribution in [0.1, 0.15) is 29.7 Å². The second kappa shape index (κ2) is 4.30. The van der Waals surface area contributed by atoms with Crippen LogP contribution in [0.25, 0.3) is 11.8 Å². The van der Waals surface area contributed by atoms with E-state index >= 15 is 0 Å². The normalized spacial score (nSPS) is 17.7. The Balaban J connectivity index is 2.10. The Morgan fingerprint density at radius 2 is 1.83 bits per heavy atom. The SMILES string of the molecule is C[C@H]1OC(c2ccccc2)=Cc2cc(F)ccc21. The van der Waals surface area contributed by atoms with Gasteiger partial charge in [-0.15, -0.1) is 0 Å². The maximum absolute atomic E-state index is 13.3. The minimum Gasteiger partial charge on any atom is -0.485 e. The van der Waals surface area contributed by atoms with Gasteiger partial charge in [0, 0.05) is 5.56 Å². The molecule has 0 amide bonds. The number of halogens is 1. The Kier molecular flexibility index (Phi) is 2.63. The van der Waals surface area contributed by atoms with Crippen molar-refractivity contribution >= 4 is 11.8 Å². The third kappa shape index (κ3) is 1.90. The summed E-state index contributed by atoms with van der Waals surface area (Å²) in [5.74, 6) is 0.577. The van der Waals surface area contributed by atoms with E-state index in [2.05, 4.69) is 0 Å². The van der Waals surface area contributed by atoms with E-state index in [1.165, 1.54) is 6.07 Å². The molecule has 0 spiro atoms. The molecule has 1 atom stereocenters. The van der Waals surface area contributed by atoms with Crippen molar-refractivity contribution in [3.63, 3.8) is 0 Å². The molecule has 3 rings (SSSR count). The Hall–Kier alpha value is -2.09. The molecule has 2 aromatic carbocycles. The van der Waals surface area contributed by atoms with Crippen LogP contribution in [0.2, 0.25) is 0 Å². The van der Waals surface area contributed by atoms with Crippen LogP contribution in [-0.4, -0.2) is 0 Å². The van der Waals surface area contributed by atoms with Gasteiger partial charge in [0.25, 0.3) is 0 Å². The van der Waals surface area contributed by atoms with Crippen LogP contribution in [0.15, 0.2) is 48.5 Å². The summed E-state index contributed by atoms with van der Waals surface area (Å²) >= 11 is 0. The van der Waals surface area contributed by atoms with Crippen molar-refractivity contribution in [3.8, 4) is 0 Å². The van der Waals surface area contributed by atoms with Gasteiger partial charge in [-0.25, -0.2) is 4.39 Å². The number of ether oxygens (including phenoxy) is 1. The van der Waals surface area contributed by atoms with E-state index in [1.807, 2.05) is 43.3 Å². The third-order valence-corrected chi connectivity index (χ3v) is 3.14. The van der Waals surface area contributed by atoms with Gasteiger partial charge in [-0.2, -0.15) is 0 Å². The molecule has 90 valence electrons. The maximum atomic E-state index is 13.3. The van der Waals surface area contributed by atoms with E-state index in [4.69, 9.17) is 4.74 Å². The lowest BCUT2D eigenvalue weighted by Gasteiger charge is -2.24. The van der Waals surface area contributed by atoms with Crippen LogP contribution in [0.3, 0.4) is 0 Å². The topological polar surface area (TPSA) is 9.23 Å². The van der Waals surface area contributed by atoms with E-state index in [1.54, 1.807) is 12.1 Å². The summed E-state index contributed by atoms with van der Waals surface area (Å²) in [6, 6.07) is 14.7. The highest BCUT2D eigenvalue weighted by Crippen LogP contribution is 2.35. The number of rotatable bonds is 1. The number of fused-ring (bicyclic) bond motifs is 1. The molecule has 0 fully saturated rings. The lowest BCUT2D eigenvalue weighted by atomic mass is 9.98. The van der Waals surface area contributed by atoms with Crippen LogP contribution < -0.4 is 0 Å². The Morgan fingerprint density at radius 1 is 1.06 bits per heavy atom. The van der Waals surface area contributed by atoms with E-state index in [-0.39, 0.29) is 11.9 Å². The maximum Gasteiger partial charge on any atom is 0.128 e. The molecule has 1 heterocycles. The van der Waals surface area contributed by atoms with Crippen molar-refractivity contribution in [3.05, 3.63) is 71.0 Å². The number of benzene rings is 2. The zero-order valence-electron chi connectivity index (χ0n) is 10.1. The highest BCUT2D eigenvalue weighted by atomic mass is 19.1. The van der Waals surface area contributed by atoms with Gasteiger partial charge in [-0.1, -0.05) is 36.4 Å². The Bertz CT molecular complexity index is 602. The highest BCUT2D eigenvalue weighted by molar-refractivity contribution is 5.80. The van der Waals surface area contributed by atoms with Gasteiger partial charge >= 0.3 is 0 Å². The first-order valence-corrected chi connectivity index (χ1v) is 5.97. The average molecular weight is 240 g/mol. The molecule has 18 heavy (non-hydrogen) atoms. The van der Waals surface area contributed by atoms with E-state index < -0.39 is 0 Å². The molecular weight excluding hydrogens is 227 g/mol. The zero-order chi connectivity index (χ0) is 12.5. The largest absolute Gasteiger partial charge is 0.485 e. The van der Waals surface area contributed by atoms with Crippen molar-refractivity contribution < 1.29 is 9.13 Å². The molecule has 1 aliphatic rings. The monoisotopic (exact) mass is 240 g/mol. The van der Waals surface area contributed by atoms with Gasteiger partial charge in [0.05, 0.1) is 0 Å². The summed E-state index contributed by atoms with van der Waals surface area (Å²) in [6.07, 6.45) is 1.84. The van der Waals surface area contributed by atoms with Gasteiger partial charge in [0.15, 0.2) is 0 Å². The minimum absolute atomic E-state index is 0.0548. The first-order chi connectivity index (χ1) is 8.74. The molecule has 0 N–H and O–H groups in total. The second-order valence-corrected chi connectivity index (χ2v) is 4.41. The predicted octanol–water partition coefficient (Wildman–Crippen LogP) is 4.42. The van der Waals surface area contributed by atoms with E-state index in [9.17, 15) is 4.39 Å². The quantitative estimate of drug-likeness (QED) is 0.717. The molecule has 2 aromatic rings. The minimum atomic E-state index is -0.216. The highest BCUT2D eigenvalue weighted by Gasteiger charge is 2.19. The van der Waals surface area contributed by atoms with Crippen molar-refractivity contribution in [2.45, 2.75) is 13.0 Å². The first-order valence-electron chi connectivity index (χ1n) is 5.97. The molecule has 0 bridgehead atoms. The van der Waals surface area contributed by atoms with Crippen LogP contribution in [0.4, 0.5) is 4.39 Å². The van der Waals surface area contributed by atoms with Crippen molar-refractivity contribution in [2.75, 3.05) is 0 Å². The molecule has 0 unspecified atom stereocenters. The van der Waals surface area contributed by atoms with Crippen LogP contribution in [0.5, 0.6) is 0 Å². The molecule has 0 saturated carbocycles. The molecule has 0 aromatic heterocycles. The van der Waals surface area contributed by atoms with E-state index in [0.29, 0.717) is 0 Å². The lowest BCUT2D eigenvalue weighted by molar-refractivity contribution is 0.186. The summed E-state index contributed by atoms with van der Waals surface area (Å²) in [6.45, 7) is 1.98. The van der Waals surface area contributed by atoms with Crippen LogP contribution >= 0.6 is 0 Å². The van der Waals surface area contributed by atoms with Gasteiger partial charge in [-0.05, 0) is 36.3 Å². The molecule has 0 saturated heterocycles. The summed E-state index contributed by atoms with van der Waals surface area (Å²) in [5.41, 5.74) is 2.93. The van der Waals surface area contributed by atoms with Crippen LogP contribution in [0, 0.1) is 5.82 Å². The fourth-order valence-corrected chi connectivity index (χ4v) is 2.22. The Morgan fingerprint density at radius 3 is 2.61 bits per heavy atom. The van der Waals surface area contributed by atoms with Gasteiger partial charge in [-0.3, -0.25) is 0 Å². The third-order valence-electron chi connectivity index (χ3n) is 3.14. The molecule has 0 radical (unpaired) electrons. The summed E-state index contributed by atoms with van der Waals surface area (Å²) < 4.78 is 19.2. The van der Waals surface area contributed by atoms with Gasteiger partial charge in [0.2, 0.25) is 0 Å². The van der Waals surface area contributed by atoms with E-state index in [0.717, 1.165) is 22.4 Å². The van der Waals surface area contributed by atoms with Crippen molar-refractivity contribution in [1.82, 2.24) is 0 Å². The summed E-state index contributed by atoms with van der Waals surface area (Å²) in [5, 5.41) is 0. The van der Waals surface area contributed by atoms with Crippen molar-refractivity contribution in [2.24, 2.45) is 0 Å². The molecular formula is C16H13FO.